The third kappa shape index (κ3) is 7.32. The summed E-state index contributed by atoms with van der Waals surface area (Å²) < 4.78 is 38.8. The fourth-order valence-electron chi connectivity index (χ4n) is 6.41. The van der Waals surface area contributed by atoms with Gasteiger partial charge in [-0.1, -0.05) is 27.7 Å². The van der Waals surface area contributed by atoms with Crippen LogP contribution in [-0.2, 0) is 32.9 Å². The van der Waals surface area contributed by atoms with Crippen LogP contribution in [0.3, 0.4) is 0 Å². The first-order valence-corrected chi connectivity index (χ1v) is 17.9. The van der Waals surface area contributed by atoms with Crippen LogP contribution in [-0.4, -0.2) is 111 Å². The fraction of sp³-hybridized carbons (Fsp3) is 0.767. The number of imidazole rings is 1. The monoisotopic (exact) mass is 698 g/mol. The minimum Gasteiger partial charge on any atom is -0.465 e. The number of aromatic nitrogens is 4. The van der Waals surface area contributed by atoms with E-state index < -0.39 is 67.8 Å². The Balaban J connectivity index is 1.59. The summed E-state index contributed by atoms with van der Waals surface area (Å²) in [4.78, 5) is 40.6. The SMILES string of the molecule is CCOC(=O)[C@H](CC(C)C)NP(=O)(N[C@@H](CC(C)C)C(=O)OCC)OC[C@H]1OC2(C)[C@@H](n3cnc4c(N(C)C)nc(N)nc43)C2(O)C1O. The van der Waals surface area contributed by atoms with Crippen molar-refractivity contribution in [2.24, 2.45) is 11.8 Å². The first-order chi connectivity index (χ1) is 22.4. The molecule has 0 aromatic carbocycles. The quantitative estimate of drug-likeness (QED) is 0.117. The predicted octanol–water partition coefficient (Wildman–Crippen LogP) is 1.54. The molecule has 1 aliphatic carbocycles. The average Bonchev–Trinajstić information content (AvgIpc) is 3.19. The highest BCUT2D eigenvalue weighted by molar-refractivity contribution is 7.54. The molecule has 0 bridgehead atoms. The number of hydrogen-bond donors (Lipinski definition) is 5. The van der Waals surface area contributed by atoms with Gasteiger partial charge in [-0.05, 0) is 45.4 Å². The highest BCUT2D eigenvalue weighted by atomic mass is 31.2. The number of esters is 2. The maximum absolute atomic E-state index is 14.5. The largest absolute Gasteiger partial charge is 0.465 e. The summed E-state index contributed by atoms with van der Waals surface area (Å²) >= 11 is 0. The number of anilines is 2. The zero-order valence-corrected chi connectivity index (χ0v) is 30.1. The Kier molecular flexibility index (Phi) is 11.5. The number of nitrogens with one attached hydrogen (secondary N) is 2. The minimum atomic E-state index is -4.27. The Morgan fingerprint density at radius 3 is 2.06 bits per heavy atom. The molecule has 3 unspecified atom stereocenters. The highest BCUT2D eigenvalue weighted by Gasteiger charge is 2.85. The Morgan fingerprint density at radius 2 is 1.62 bits per heavy atom. The van der Waals surface area contributed by atoms with Crippen LogP contribution in [0.25, 0.3) is 11.2 Å². The maximum Gasteiger partial charge on any atom is 0.342 e. The van der Waals surface area contributed by atoms with E-state index in [9.17, 15) is 24.4 Å². The van der Waals surface area contributed by atoms with E-state index in [1.54, 1.807) is 44.3 Å². The Hall–Kier alpha value is -2.92. The molecule has 18 heteroatoms. The Labute approximate surface area is 280 Å². The van der Waals surface area contributed by atoms with E-state index in [0.717, 1.165) is 0 Å². The molecule has 4 rings (SSSR count). The lowest BCUT2D eigenvalue weighted by Crippen LogP contribution is -2.46. The number of aliphatic hydroxyl groups is 2. The lowest BCUT2D eigenvalue weighted by atomic mass is 10.1. The molecule has 2 aromatic rings. The van der Waals surface area contributed by atoms with Crippen molar-refractivity contribution in [3.8, 4) is 0 Å². The van der Waals surface area contributed by atoms with Crippen molar-refractivity contribution in [2.75, 3.05) is 44.5 Å². The number of nitrogens with two attached hydrogens (primary N) is 1. The molecule has 3 heterocycles. The van der Waals surface area contributed by atoms with Crippen LogP contribution >= 0.6 is 7.67 Å². The van der Waals surface area contributed by atoms with Gasteiger partial charge in [0, 0.05) is 14.1 Å². The number of carbonyl (C=O) groups is 2. The Morgan fingerprint density at radius 1 is 1.08 bits per heavy atom. The van der Waals surface area contributed by atoms with Gasteiger partial charge in [-0.25, -0.2) is 15.2 Å². The second-order valence-electron chi connectivity index (χ2n) is 13.5. The molecule has 2 aromatic heterocycles. The molecule has 17 nitrogen and oxygen atoms in total. The second kappa shape index (κ2) is 14.5. The molecule has 6 N–H and O–H groups in total. The summed E-state index contributed by atoms with van der Waals surface area (Å²) in [6.45, 7) is 12.3. The topological polar surface area (TPSA) is 226 Å². The van der Waals surface area contributed by atoms with E-state index in [4.69, 9.17) is 24.5 Å². The van der Waals surface area contributed by atoms with Gasteiger partial charge in [0.25, 0.3) is 0 Å². The standard InChI is InChI=1S/C30H51N8O9P/c1-10-44-25(40)18(12-16(3)4)35-48(43,36-19(13-17(5)6)26(41)45-11-2)46-14-20-22(39)30(42)27(29(30,7)47-20)38-15-32-21-23(37(8)9)33-28(31)34-24(21)38/h15-20,22,27,39,42H,10-14H2,1-9H3,(H2,31,33,34)(H2,35,36,43)/t18-,19-,20+,22?,27+,29?,30?/m0/s1. The second-order valence-corrected chi connectivity index (χ2v) is 15.4. The van der Waals surface area contributed by atoms with Gasteiger partial charge >= 0.3 is 19.6 Å². The molecular weight excluding hydrogens is 647 g/mol. The number of hydrogen-bond acceptors (Lipinski definition) is 14. The molecule has 270 valence electrons. The number of rotatable bonds is 17. The maximum atomic E-state index is 14.5. The van der Waals surface area contributed by atoms with E-state index in [1.165, 1.54) is 6.33 Å². The lowest BCUT2D eigenvalue weighted by molar-refractivity contribution is -0.146. The van der Waals surface area contributed by atoms with Gasteiger partial charge in [0.1, 0.15) is 41.5 Å². The molecule has 48 heavy (non-hydrogen) atoms. The van der Waals surface area contributed by atoms with Crippen molar-refractivity contribution in [3.63, 3.8) is 0 Å². The molecule has 1 saturated heterocycles. The van der Waals surface area contributed by atoms with Crippen LogP contribution in [0.1, 0.15) is 67.3 Å². The summed E-state index contributed by atoms with van der Waals surface area (Å²) in [5.41, 5.74) is 3.67. The number of aliphatic hydroxyl groups excluding tert-OH is 1. The molecule has 2 aliphatic rings. The first kappa shape index (κ1) is 37.9. The van der Waals surface area contributed by atoms with Crippen LogP contribution in [0.5, 0.6) is 0 Å². The molecule has 0 radical (unpaired) electrons. The number of nitrogen functional groups attached to an aromatic ring is 1. The van der Waals surface area contributed by atoms with E-state index in [2.05, 4.69) is 25.1 Å². The number of fused-ring (bicyclic) bond motifs is 2. The lowest BCUT2D eigenvalue weighted by Gasteiger charge is -2.31. The molecular formula is C30H51N8O9P. The van der Waals surface area contributed by atoms with Crippen molar-refractivity contribution in [3.05, 3.63) is 6.33 Å². The van der Waals surface area contributed by atoms with Gasteiger partial charge in [-0.2, -0.15) is 9.97 Å². The third-order valence-electron chi connectivity index (χ3n) is 8.60. The van der Waals surface area contributed by atoms with E-state index in [1.807, 2.05) is 27.7 Å². The summed E-state index contributed by atoms with van der Waals surface area (Å²) in [6.07, 6.45) is -0.647. The number of nitrogens with zero attached hydrogens (tertiary/aromatic N) is 5. The normalized spacial score (nSPS) is 26.5. The molecule has 1 saturated carbocycles. The fourth-order valence-corrected chi connectivity index (χ4v) is 8.23. The number of carbonyl (C=O) groups excluding carboxylic acids is 2. The third-order valence-corrected chi connectivity index (χ3v) is 10.4. The molecule has 0 amide bonds. The summed E-state index contributed by atoms with van der Waals surface area (Å²) in [7, 11) is -0.693. The smallest absolute Gasteiger partial charge is 0.342 e. The summed E-state index contributed by atoms with van der Waals surface area (Å²) in [6, 6.07) is -2.89. The first-order valence-electron chi connectivity index (χ1n) is 16.3. The van der Waals surface area contributed by atoms with Crippen molar-refractivity contribution in [1.82, 2.24) is 29.7 Å². The molecule has 1 aliphatic heterocycles. The van der Waals surface area contributed by atoms with Crippen LogP contribution in [0.15, 0.2) is 6.33 Å². The number of ether oxygens (including phenoxy) is 3. The van der Waals surface area contributed by atoms with Gasteiger partial charge in [-0.3, -0.25) is 14.2 Å². The van der Waals surface area contributed by atoms with Gasteiger partial charge in [-0.15, -0.1) is 0 Å². The van der Waals surface area contributed by atoms with Gasteiger partial charge in [0.05, 0.1) is 26.1 Å². The van der Waals surface area contributed by atoms with Gasteiger partial charge in [0.2, 0.25) is 5.95 Å². The summed E-state index contributed by atoms with van der Waals surface area (Å²) in [5.74, 6) is -0.763. The van der Waals surface area contributed by atoms with E-state index >= 15 is 0 Å². The van der Waals surface area contributed by atoms with E-state index in [0.29, 0.717) is 17.0 Å². The molecule has 7 atom stereocenters. The summed E-state index contributed by atoms with van der Waals surface area (Å²) in [5, 5.41) is 28.8. The van der Waals surface area contributed by atoms with E-state index in [-0.39, 0.29) is 43.8 Å². The Bertz CT molecular complexity index is 1480. The molecule has 0 spiro atoms. The van der Waals surface area contributed by atoms with Crippen molar-refractivity contribution < 1.29 is 43.1 Å². The van der Waals surface area contributed by atoms with Crippen molar-refractivity contribution in [2.45, 2.75) is 103 Å². The van der Waals surface area contributed by atoms with Crippen LogP contribution in [0.2, 0.25) is 0 Å². The van der Waals surface area contributed by atoms with Gasteiger partial charge in [0.15, 0.2) is 17.0 Å². The van der Waals surface area contributed by atoms with Crippen LogP contribution < -0.4 is 20.8 Å². The predicted molar refractivity (Wildman–Crippen MR) is 177 cm³/mol. The zero-order chi connectivity index (χ0) is 35.8. The van der Waals surface area contributed by atoms with Crippen molar-refractivity contribution in [1.29, 1.82) is 0 Å². The molecule has 2 fully saturated rings. The van der Waals surface area contributed by atoms with Crippen molar-refractivity contribution >= 4 is 42.5 Å². The average molecular weight is 699 g/mol. The zero-order valence-electron chi connectivity index (χ0n) is 29.2. The van der Waals surface area contributed by atoms with Crippen LogP contribution in [0, 0.1) is 11.8 Å². The van der Waals surface area contributed by atoms with Gasteiger partial charge < -0.3 is 44.1 Å². The minimum absolute atomic E-state index is 0.00351. The highest BCUT2D eigenvalue weighted by Crippen LogP contribution is 2.68. The van der Waals surface area contributed by atoms with Crippen LogP contribution in [0.4, 0.5) is 11.8 Å².